The molecule has 0 unspecified atom stereocenters. The van der Waals surface area contributed by atoms with Crippen LogP contribution < -0.4 is 14.8 Å². The molecule has 1 aromatic carbocycles. The highest BCUT2D eigenvalue weighted by atomic mass is 32.1. The number of amides is 1. The monoisotopic (exact) mass is 318 g/mol. The van der Waals surface area contributed by atoms with E-state index in [9.17, 15) is 4.79 Å². The number of nitrogens with zero attached hydrogens (tertiary/aromatic N) is 1. The summed E-state index contributed by atoms with van der Waals surface area (Å²) in [4.78, 5) is 16.4. The first kappa shape index (κ1) is 14.8. The Morgan fingerprint density at radius 2 is 2.14 bits per heavy atom. The minimum atomic E-state index is 0.0649. The van der Waals surface area contributed by atoms with Crippen LogP contribution in [0.2, 0.25) is 0 Å². The Hall–Kier alpha value is -2.08. The molecule has 0 spiro atoms. The van der Waals surface area contributed by atoms with Crippen molar-refractivity contribution in [3.63, 3.8) is 0 Å². The van der Waals surface area contributed by atoms with Crippen molar-refractivity contribution in [2.24, 2.45) is 11.8 Å². The van der Waals surface area contributed by atoms with Crippen LogP contribution in [-0.2, 0) is 4.79 Å². The van der Waals surface area contributed by atoms with E-state index in [1.54, 1.807) is 14.2 Å². The molecule has 3 rings (SSSR count). The van der Waals surface area contributed by atoms with E-state index in [-0.39, 0.29) is 11.8 Å². The summed E-state index contributed by atoms with van der Waals surface area (Å²) in [5.74, 6) is 2.12. The first-order valence-corrected chi connectivity index (χ1v) is 7.99. The van der Waals surface area contributed by atoms with Gasteiger partial charge in [-0.2, -0.15) is 0 Å². The number of methoxy groups -OCH3 is 2. The van der Waals surface area contributed by atoms with E-state index in [0.717, 1.165) is 23.4 Å². The van der Waals surface area contributed by atoms with E-state index < -0.39 is 0 Å². The molecule has 0 radical (unpaired) electrons. The molecule has 2 aromatic rings. The fourth-order valence-corrected chi connectivity index (χ4v) is 3.06. The average molecular weight is 318 g/mol. The molecule has 1 aliphatic carbocycles. The Morgan fingerprint density at radius 3 is 2.77 bits per heavy atom. The number of nitrogens with one attached hydrogen (secondary N) is 1. The normalized spacial score (nSPS) is 19.6. The molecule has 6 heteroatoms. The molecule has 1 amide bonds. The SMILES string of the molecule is COc1ccc(-c2csc(NC(=O)[C@@H]3C[C@H]3C)n2)c(OC)c1. The molecule has 1 N–H and O–H groups in total. The Balaban J connectivity index is 1.80. The Kier molecular flexibility index (Phi) is 4.02. The standard InChI is InChI=1S/C16H18N2O3S/c1-9-6-12(9)15(19)18-16-17-13(8-22-16)11-5-4-10(20-2)7-14(11)21-3/h4-5,7-9,12H,6H2,1-3H3,(H,17,18,19)/t9-,12-/m1/s1. The lowest BCUT2D eigenvalue weighted by Crippen LogP contribution is -2.14. The van der Waals surface area contributed by atoms with Gasteiger partial charge in [-0.1, -0.05) is 6.92 Å². The first-order chi connectivity index (χ1) is 10.6. The summed E-state index contributed by atoms with van der Waals surface area (Å²) < 4.78 is 10.6. The third kappa shape index (κ3) is 2.92. The van der Waals surface area contributed by atoms with E-state index in [0.29, 0.717) is 16.8 Å². The predicted molar refractivity (Wildman–Crippen MR) is 86.6 cm³/mol. The minimum Gasteiger partial charge on any atom is -0.497 e. The second-order valence-electron chi connectivity index (χ2n) is 5.41. The third-order valence-electron chi connectivity index (χ3n) is 3.87. The minimum absolute atomic E-state index is 0.0649. The lowest BCUT2D eigenvalue weighted by molar-refractivity contribution is -0.117. The molecule has 1 fully saturated rings. The largest absolute Gasteiger partial charge is 0.497 e. The summed E-state index contributed by atoms with van der Waals surface area (Å²) >= 11 is 1.42. The average Bonchev–Trinajstić information content (AvgIpc) is 3.09. The van der Waals surface area contributed by atoms with Crippen LogP contribution in [0.1, 0.15) is 13.3 Å². The lowest BCUT2D eigenvalue weighted by Gasteiger charge is -2.08. The van der Waals surface area contributed by atoms with Crippen molar-refractivity contribution in [2.75, 3.05) is 19.5 Å². The molecule has 2 atom stereocenters. The summed E-state index contributed by atoms with van der Waals surface area (Å²) in [6.45, 7) is 2.08. The van der Waals surface area contributed by atoms with Crippen molar-refractivity contribution in [2.45, 2.75) is 13.3 Å². The highest BCUT2D eigenvalue weighted by Crippen LogP contribution is 2.39. The van der Waals surface area contributed by atoms with E-state index in [1.807, 2.05) is 23.6 Å². The van der Waals surface area contributed by atoms with E-state index >= 15 is 0 Å². The second kappa shape index (κ2) is 5.96. The number of benzene rings is 1. The van der Waals surface area contributed by atoms with Crippen LogP contribution in [0, 0.1) is 11.8 Å². The summed E-state index contributed by atoms with van der Waals surface area (Å²) in [6.07, 6.45) is 0.969. The van der Waals surface area contributed by atoms with Crippen LogP contribution in [0.15, 0.2) is 23.6 Å². The van der Waals surface area contributed by atoms with E-state index in [2.05, 4.69) is 17.2 Å². The maximum Gasteiger partial charge on any atom is 0.229 e. The molecular formula is C16H18N2O3S. The van der Waals surface area contributed by atoms with Crippen molar-refractivity contribution in [3.8, 4) is 22.8 Å². The van der Waals surface area contributed by atoms with Crippen molar-refractivity contribution in [1.29, 1.82) is 0 Å². The van der Waals surface area contributed by atoms with Crippen molar-refractivity contribution in [3.05, 3.63) is 23.6 Å². The molecule has 0 bridgehead atoms. The third-order valence-corrected chi connectivity index (χ3v) is 4.62. The Morgan fingerprint density at radius 1 is 1.36 bits per heavy atom. The van der Waals surface area contributed by atoms with Crippen molar-refractivity contribution in [1.82, 2.24) is 4.98 Å². The van der Waals surface area contributed by atoms with Crippen LogP contribution in [-0.4, -0.2) is 25.1 Å². The molecule has 22 heavy (non-hydrogen) atoms. The van der Waals surface area contributed by atoms with Gasteiger partial charge in [-0.3, -0.25) is 4.79 Å². The van der Waals surface area contributed by atoms with Gasteiger partial charge in [-0.25, -0.2) is 4.98 Å². The van der Waals surface area contributed by atoms with Gasteiger partial charge in [-0.15, -0.1) is 11.3 Å². The number of hydrogen-bond acceptors (Lipinski definition) is 5. The van der Waals surface area contributed by atoms with Gasteiger partial charge < -0.3 is 14.8 Å². The summed E-state index contributed by atoms with van der Waals surface area (Å²) in [5.41, 5.74) is 1.66. The first-order valence-electron chi connectivity index (χ1n) is 7.11. The molecule has 1 aliphatic rings. The zero-order valence-electron chi connectivity index (χ0n) is 12.8. The molecule has 1 saturated carbocycles. The van der Waals surface area contributed by atoms with Crippen molar-refractivity contribution < 1.29 is 14.3 Å². The quantitative estimate of drug-likeness (QED) is 0.917. The number of aromatic nitrogens is 1. The zero-order chi connectivity index (χ0) is 15.7. The van der Waals surface area contributed by atoms with Crippen LogP contribution >= 0.6 is 11.3 Å². The number of hydrogen-bond donors (Lipinski definition) is 1. The maximum absolute atomic E-state index is 12.0. The maximum atomic E-state index is 12.0. The lowest BCUT2D eigenvalue weighted by atomic mass is 10.1. The van der Waals surface area contributed by atoms with Crippen molar-refractivity contribution >= 4 is 22.4 Å². The van der Waals surface area contributed by atoms with E-state index in [1.165, 1.54) is 11.3 Å². The van der Waals surface area contributed by atoms with Crippen LogP contribution in [0.5, 0.6) is 11.5 Å². The van der Waals surface area contributed by atoms with Gasteiger partial charge in [0.2, 0.25) is 5.91 Å². The van der Waals surface area contributed by atoms with Gasteiger partial charge in [0.25, 0.3) is 0 Å². The van der Waals surface area contributed by atoms with Gasteiger partial charge >= 0.3 is 0 Å². The molecule has 1 heterocycles. The van der Waals surface area contributed by atoms with Gasteiger partial charge in [0.05, 0.1) is 19.9 Å². The second-order valence-corrected chi connectivity index (χ2v) is 6.27. The fraction of sp³-hybridized carbons (Fsp3) is 0.375. The topological polar surface area (TPSA) is 60.5 Å². The summed E-state index contributed by atoms with van der Waals surface area (Å²) in [7, 11) is 3.23. The molecule has 1 aromatic heterocycles. The molecule has 116 valence electrons. The number of thiazole rings is 1. The smallest absolute Gasteiger partial charge is 0.229 e. The highest BCUT2D eigenvalue weighted by Gasteiger charge is 2.39. The number of rotatable bonds is 5. The van der Waals surface area contributed by atoms with E-state index in [4.69, 9.17) is 9.47 Å². The van der Waals surface area contributed by atoms with Crippen LogP contribution in [0.25, 0.3) is 11.3 Å². The molecule has 0 saturated heterocycles. The van der Waals surface area contributed by atoms with Gasteiger partial charge in [0, 0.05) is 22.9 Å². The van der Waals surface area contributed by atoms with Gasteiger partial charge in [0.15, 0.2) is 5.13 Å². The fourth-order valence-electron chi connectivity index (χ4n) is 2.35. The Labute approximate surface area is 133 Å². The van der Waals surface area contributed by atoms with Crippen LogP contribution in [0.3, 0.4) is 0 Å². The molecular weight excluding hydrogens is 300 g/mol. The highest BCUT2D eigenvalue weighted by molar-refractivity contribution is 7.14. The zero-order valence-corrected chi connectivity index (χ0v) is 13.6. The number of carbonyl (C=O) groups excluding carboxylic acids is 1. The Bertz CT molecular complexity index is 698. The summed E-state index contributed by atoms with van der Waals surface area (Å²) in [5, 5.41) is 5.42. The summed E-state index contributed by atoms with van der Waals surface area (Å²) in [6, 6.07) is 5.58. The number of anilines is 1. The van der Waals surface area contributed by atoms with Gasteiger partial charge in [-0.05, 0) is 24.5 Å². The number of ether oxygens (including phenoxy) is 2. The molecule has 0 aliphatic heterocycles. The van der Waals surface area contributed by atoms with Gasteiger partial charge in [0.1, 0.15) is 11.5 Å². The molecule has 5 nitrogen and oxygen atoms in total. The number of carbonyl (C=O) groups is 1. The predicted octanol–water partition coefficient (Wildman–Crippen LogP) is 3.42. The van der Waals surface area contributed by atoms with Crippen LogP contribution in [0.4, 0.5) is 5.13 Å².